The first kappa shape index (κ1) is 37.3. The molecule has 1 radical (unpaired) electrons. The van der Waals surface area contributed by atoms with E-state index in [1.165, 1.54) is 71.8 Å². The maximum atomic E-state index is 4.77. The first-order chi connectivity index (χ1) is 26.4. The zero-order chi connectivity index (χ0) is 37.0. The summed E-state index contributed by atoms with van der Waals surface area (Å²) in [6.45, 7) is 8.68. The number of pyridine rings is 3. The molecule has 3 heterocycles. The molecule has 0 aliphatic rings. The monoisotopic (exact) mass is 886 g/mol. The molecule has 6 aromatic carbocycles. The van der Waals surface area contributed by atoms with E-state index in [0.29, 0.717) is 0 Å². The molecule has 0 atom stereocenters. The Morgan fingerprint density at radius 2 is 1.24 bits per heavy atom. The second-order valence-electron chi connectivity index (χ2n) is 13.7. The number of aryl methyl sites for hydroxylation is 3. The van der Waals surface area contributed by atoms with Crippen molar-refractivity contribution in [3.8, 4) is 55.9 Å². The molecular formula is C51H39IrN3-2. The van der Waals surface area contributed by atoms with Crippen LogP contribution in [0.5, 0.6) is 0 Å². The van der Waals surface area contributed by atoms with Crippen molar-refractivity contribution in [1.82, 2.24) is 15.0 Å². The third kappa shape index (κ3) is 7.79. The van der Waals surface area contributed by atoms with Crippen molar-refractivity contribution in [1.29, 1.82) is 0 Å². The number of aromatic nitrogens is 3. The Hall–Kier alpha value is -6.06. The van der Waals surface area contributed by atoms with Crippen LogP contribution in [0.15, 0.2) is 164 Å². The van der Waals surface area contributed by atoms with Crippen LogP contribution in [-0.2, 0) is 20.1 Å². The van der Waals surface area contributed by atoms with E-state index in [4.69, 9.17) is 9.97 Å². The Morgan fingerprint density at radius 1 is 0.436 bits per heavy atom. The number of hydrogen-bond acceptors (Lipinski definition) is 3. The van der Waals surface area contributed by atoms with Gasteiger partial charge in [0.25, 0.3) is 0 Å². The molecule has 4 heteroatoms. The molecule has 3 aromatic heterocycles. The van der Waals surface area contributed by atoms with E-state index < -0.39 is 0 Å². The molecule has 3 nitrogen and oxygen atoms in total. The van der Waals surface area contributed by atoms with Gasteiger partial charge in [-0.2, -0.15) is 0 Å². The largest absolute Gasteiger partial charge is 0.305 e. The average Bonchev–Trinajstić information content (AvgIpc) is 3.23. The van der Waals surface area contributed by atoms with Crippen molar-refractivity contribution in [3.05, 3.63) is 199 Å². The van der Waals surface area contributed by atoms with E-state index in [0.717, 1.165) is 28.0 Å². The van der Waals surface area contributed by atoms with Crippen molar-refractivity contribution in [2.45, 2.75) is 27.7 Å². The van der Waals surface area contributed by atoms with Crippen LogP contribution in [0.4, 0.5) is 0 Å². The first-order valence-electron chi connectivity index (χ1n) is 18.3. The molecule has 9 rings (SSSR count). The van der Waals surface area contributed by atoms with Gasteiger partial charge in [0.05, 0.1) is 5.52 Å². The van der Waals surface area contributed by atoms with Gasteiger partial charge >= 0.3 is 0 Å². The molecule has 0 bridgehead atoms. The van der Waals surface area contributed by atoms with Crippen LogP contribution in [0.3, 0.4) is 0 Å². The number of nitrogens with zero attached hydrogens (tertiary/aromatic N) is 3. The fourth-order valence-corrected chi connectivity index (χ4v) is 7.21. The van der Waals surface area contributed by atoms with Crippen LogP contribution in [0.2, 0.25) is 0 Å². The van der Waals surface area contributed by atoms with Gasteiger partial charge in [-0.15, -0.1) is 71.3 Å². The Kier molecular flexibility index (Phi) is 11.2. The van der Waals surface area contributed by atoms with Crippen LogP contribution in [0.25, 0.3) is 77.6 Å². The predicted octanol–water partition coefficient (Wildman–Crippen LogP) is 13.0. The third-order valence-electron chi connectivity index (χ3n) is 10.2. The van der Waals surface area contributed by atoms with Crippen molar-refractivity contribution in [2.75, 3.05) is 0 Å². The Balaban J connectivity index is 0.000000305. The summed E-state index contributed by atoms with van der Waals surface area (Å²) in [5, 5.41) is 3.62. The summed E-state index contributed by atoms with van der Waals surface area (Å²) < 4.78 is 0. The second-order valence-corrected chi connectivity index (χ2v) is 13.7. The zero-order valence-electron chi connectivity index (χ0n) is 31.3. The Labute approximate surface area is 337 Å². The number of fused-ring (bicyclic) bond motifs is 3. The van der Waals surface area contributed by atoms with Gasteiger partial charge in [0.2, 0.25) is 0 Å². The minimum absolute atomic E-state index is 0. The van der Waals surface area contributed by atoms with Crippen molar-refractivity contribution in [3.63, 3.8) is 0 Å². The van der Waals surface area contributed by atoms with Gasteiger partial charge in [0.15, 0.2) is 0 Å². The van der Waals surface area contributed by atoms with Gasteiger partial charge in [0.1, 0.15) is 0 Å². The van der Waals surface area contributed by atoms with Gasteiger partial charge in [0, 0.05) is 44.1 Å². The van der Waals surface area contributed by atoms with E-state index >= 15 is 0 Å². The Bertz CT molecular complexity index is 2710. The molecule has 0 aliphatic carbocycles. The summed E-state index contributed by atoms with van der Waals surface area (Å²) in [5.74, 6) is 0. The van der Waals surface area contributed by atoms with Crippen LogP contribution in [0, 0.1) is 39.8 Å². The van der Waals surface area contributed by atoms with E-state index in [2.05, 4.69) is 136 Å². The van der Waals surface area contributed by atoms with E-state index in [1.54, 1.807) is 6.20 Å². The summed E-state index contributed by atoms with van der Waals surface area (Å²) in [5.41, 5.74) is 17.2. The SMILES string of the molecule is Cc1cnc(-c2[c-]ccc(-c3c(C)ccc(-c4cc5ncccc5c5ccc(-c6ccccc6)cc45)c3C)c2)cc1C.[Ir].[c-]1ccccc1-c1ccccn1. The summed E-state index contributed by atoms with van der Waals surface area (Å²) in [4.78, 5) is 13.7. The standard InChI is InChI=1S/C40H31N2.C11H8N.Ir/c1-25-15-17-33(28(4)40(25)32-13-8-12-31(21-32)38-20-26(2)27(3)24-42-38)37-23-39-35(14-9-19-41-39)34-18-16-30(22-36(34)37)29-10-6-5-7-11-29;1-2-6-10(7-3-1)11-8-4-5-9-12-11;/h5-11,13-24H,1-4H3;1-6,8-9H;/q2*-1;. The Morgan fingerprint density at radius 3 is 2.02 bits per heavy atom. The fourth-order valence-electron chi connectivity index (χ4n) is 7.21. The third-order valence-corrected chi connectivity index (χ3v) is 10.2. The molecular weight excluding hydrogens is 847 g/mol. The first-order valence-corrected chi connectivity index (χ1v) is 18.3. The molecule has 269 valence electrons. The number of hydrogen-bond donors (Lipinski definition) is 0. The summed E-state index contributed by atoms with van der Waals surface area (Å²) in [7, 11) is 0. The molecule has 0 aliphatic heterocycles. The van der Waals surface area contributed by atoms with E-state index in [1.807, 2.05) is 67.0 Å². The van der Waals surface area contributed by atoms with Gasteiger partial charge in [-0.25, -0.2) is 0 Å². The van der Waals surface area contributed by atoms with Crippen LogP contribution < -0.4 is 0 Å². The van der Waals surface area contributed by atoms with Gasteiger partial charge in [-0.1, -0.05) is 84.4 Å². The molecule has 0 spiro atoms. The van der Waals surface area contributed by atoms with Crippen molar-refractivity contribution in [2.24, 2.45) is 0 Å². The number of rotatable bonds is 5. The van der Waals surface area contributed by atoms with Crippen LogP contribution >= 0.6 is 0 Å². The summed E-state index contributed by atoms with van der Waals surface area (Å²) in [6.07, 6.45) is 5.62. The molecule has 0 saturated carbocycles. The summed E-state index contributed by atoms with van der Waals surface area (Å²) >= 11 is 0. The minimum Gasteiger partial charge on any atom is -0.305 e. The van der Waals surface area contributed by atoms with E-state index in [-0.39, 0.29) is 20.1 Å². The molecule has 0 fully saturated rings. The second kappa shape index (κ2) is 16.5. The quantitative estimate of drug-likeness (QED) is 0.128. The molecule has 0 amide bonds. The minimum atomic E-state index is 0. The topological polar surface area (TPSA) is 38.7 Å². The number of benzene rings is 6. The molecule has 0 unspecified atom stereocenters. The van der Waals surface area contributed by atoms with Gasteiger partial charge in [-0.05, 0) is 119 Å². The van der Waals surface area contributed by atoms with Crippen LogP contribution in [0.1, 0.15) is 22.3 Å². The van der Waals surface area contributed by atoms with Gasteiger partial charge < -0.3 is 9.97 Å². The normalized spacial score (nSPS) is 10.8. The van der Waals surface area contributed by atoms with Crippen molar-refractivity contribution < 1.29 is 20.1 Å². The zero-order valence-corrected chi connectivity index (χ0v) is 33.7. The maximum Gasteiger partial charge on any atom is 0.0714 e. The predicted molar refractivity (Wildman–Crippen MR) is 225 cm³/mol. The molecule has 0 saturated heterocycles. The van der Waals surface area contributed by atoms with Gasteiger partial charge in [-0.3, -0.25) is 4.98 Å². The maximum absolute atomic E-state index is 4.77. The molecule has 55 heavy (non-hydrogen) atoms. The summed E-state index contributed by atoms with van der Waals surface area (Å²) in [6, 6.07) is 57.2. The molecule has 0 N–H and O–H groups in total. The fraction of sp³-hybridized carbons (Fsp3) is 0.0784. The smallest absolute Gasteiger partial charge is 0.0714 e. The van der Waals surface area contributed by atoms with Crippen molar-refractivity contribution >= 4 is 21.7 Å². The average molecular weight is 886 g/mol. The van der Waals surface area contributed by atoms with E-state index in [9.17, 15) is 0 Å². The van der Waals surface area contributed by atoms with Crippen LogP contribution in [-0.4, -0.2) is 15.0 Å². The molecule has 9 aromatic rings.